The minimum Gasteiger partial charge on any atom is -0.481 e. The van der Waals surface area contributed by atoms with Gasteiger partial charge in [-0.05, 0) is 69.2 Å². The lowest BCUT2D eigenvalue weighted by atomic mass is 9.91. The molecule has 0 bridgehead atoms. The second-order valence-electron chi connectivity index (χ2n) is 9.18. The molecule has 0 aromatic heterocycles. The predicted octanol–water partition coefficient (Wildman–Crippen LogP) is 4.86. The number of halogens is 1. The highest BCUT2D eigenvalue weighted by Crippen LogP contribution is 2.41. The maximum Gasteiger partial charge on any atom is 0.410 e. The fourth-order valence-corrected chi connectivity index (χ4v) is 6.07. The van der Waals surface area contributed by atoms with Crippen LogP contribution >= 0.6 is 11.6 Å². The predicted molar refractivity (Wildman–Crippen MR) is 128 cm³/mol. The first-order valence-electron chi connectivity index (χ1n) is 10.8. The monoisotopic (exact) mass is 509 g/mol. The van der Waals surface area contributed by atoms with E-state index in [0.29, 0.717) is 22.1 Å². The van der Waals surface area contributed by atoms with Crippen molar-refractivity contribution in [1.82, 2.24) is 4.90 Å². The number of carboxylic acids is 1. The normalized spacial score (nSPS) is 20.3. The summed E-state index contributed by atoms with van der Waals surface area (Å²) in [6.07, 6.45) is -1.31. The highest BCUT2D eigenvalue weighted by atomic mass is 35.5. The van der Waals surface area contributed by atoms with Crippen LogP contribution in [0.1, 0.15) is 39.2 Å². The molecule has 0 aliphatic carbocycles. The molecular weight excluding hydrogens is 482 g/mol. The Morgan fingerprint density at radius 3 is 2.12 bits per heavy atom. The molecule has 0 radical (unpaired) electrons. The average Bonchev–Trinajstić information content (AvgIpc) is 2.85. The number of nitrogens with zero attached hydrogens (tertiary/aromatic N) is 1. The maximum atomic E-state index is 13.4. The minimum absolute atomic E-state index is 0.0461. The largest absolute Gasteiger partial charge is 0.481 e. The van der Waals surface area contributed by atoms with Gasteiger partial charge in [-0.15, -0.1) is 0 Å². The number of carboxylic acid groups (broad SMARTS) is 1. The molecule has 2 aromatic carbocycles. The van der Waals surface area contributed by atoms with E-state index in [1.807, 2.05) is 0 Å². The summed E-state index contributed by atoms with van der Waals surface area (Å²) in [6, 6.07) is 13.1. The molecule has 0 spiro atoms. The number of ether oxygens (including phenoxy) is 2. The van der Waals surface area contributed by atoms with Crippen LogP contribution in [-0.2, 0) is 24.1 Å². The molecule has 3 rings (SSSR count). The number of carbonyl (C=O) groups is 2. The van der Waals surface area contributed by atoms with Crippen LogP contribution in [-0.4, -0.2) is 54.9 Å². The van der Waals surface area contributed by atoms with Crippen molar-refractivity contribution in [2.75, 3.05) is 18.8 Å². The maximum absolute atomic E-state index is 13.4. The average molecular weight is 510 g/mol. The topological polar surface area (TPSA) is 110 Å². The first kappa shape index (κ1) is 25.8. The molecule has 1 aliphatic heterocycles. The van der Waals surface area contributed by atoms with Gasteiger partial charge in [0.25, 0.3) is 0 Å². The van der Waals surface area contributed by atoms with E-state index < -0.39 is 38.7 Å². The van der Waals surface area contributed by atoms with Gasteiger partial charge in [0.1, 0.15) is 21.8 Å². The summed E-state index contributed by atoms with van der Waals surface area (Å²) < 4.78 is 36.3. The fourth-order valence-electron chi connectivity index (χ4n) is 3.85. The second kappa shape index (κ2) is 9.84. The smallest absolute Gasteiger partial charge is 0.410 e. The number of rotatable bonds is 5. The molecule has 1 unspecified atom stereocenters. The van der Waals surface area contributed by atoms with Crippen molar-refractivity contribution in [3.05, 3.63) is 59.1 Å². The number of amides is 1. The van der Waals surface area contributed by atoms with E-state index in [4.69, 9.17) is 21.1 Å². The standard InChI is InChI=1S/C24H28ClNO7S/c1-23(2,3)33-22(29)26-13-12-24(16-21(27)28,34(30,31)15-14-26)17-4-8-19(9-5-17)32-20-10-6-18(25)7-11-20/h4-11H,12-16H2,1-3H3,(H,27,28). The van der Waals surface area contributed by atoms with Gasteiger partial charge in [0.15, 0.2) is 9.84 Å². The van der Waals surface area contributed by atoms with Gasteiger partial charge in [-0.1, -0.05) is 23.7 Å². The SMILES string of the molecule is CC(C)(C)OC(=O)N1CCC(CC(=O)O)(c2ccc(Oc3ccc(Cl)cc3)cc2)S(=O)(=O)CC1. The van der Waals surface area contributed by atoms with Crippen LogP contribution in [0.4, 0.5) is 4.79 Å². The highest BCUT2D eigenvalue weighted by molar-refractivity contribution is 7.92. The lowest BCUT2D eigenvalue weighted by Crippen LogP contribution is -2.40. The van der Waals surface area contributed by atoms with E-state index in [-0.39, 0.29) is 25.3 Å². The molecule has 1 amide bonds. The Morgan fingerprint density at radius 2 is 1.59 bits per heavy atom. The van der Waals surface area contributed by atoms with E-state index in [1.165, 1.54) is 4.90 Å². The van der Waals surface area contributed by atoms with E-state index in [1.54, 1.807) is 69.3 Å². The van der Waals surface area contributed by atoms with Crippen LogP contribution in [0.15, 0.2) is 48.5 Å². The quantitative estimate of drug-likeness (QED) is 0.612. The molecule has 10 heteroatoms. The van der Waals surface area contributed by atoms with Crippen molar-refractivity contribution in [3.63, 3.8) is 0 Å². The van der Waals surface area contributed by atoms with Crippen molar-refractivity contribution in [3.8, 4) is 11.5 Å². The summed E-state index contributed by atoms with van der Waals surface area (Å²) in [5.41, 5.74) is -0.398. The Kier molecular flexibility index (Phi) is 7.47. The number of aliphatic carboxylic acids is 1. The Bertz CT molecular complexity index is 1140. The van der Waals surface area contributed by atoms with Crippen molar-refractivity contribution in [1.29, 1.82) is 0 Å². The Hall–Kier alpha value is -2.78. The minimum atomic E-state index is -3.94. The third-order valence-corrected chi connectivity index (χ3v) is 8.28. The first-order chi connectivity index (χ1) is 15.8. The van der Waals surface area contributed by atoms with Gasteiger partial charge >= 0.3 is 12.1 Å². The van der Waals surface area contributed by atoms with Gasteiger partial charge in [-0.3, -0.25) is 4.79 Å². The van der Waals surface area contributed by atoms with E-state index in [9.17, 15) is 23.1 Å². The Morgan fingerprint density at radius 1 is 1.03 bits per heavy atom. The molecule has 1 aliphatic rings. The summed E-state index contributed by atoms with van der Waals surface area (Å²) >= 11 is 5.89. The Balaban J connectivity index is 1.91. The van der Waals surface area contributed by atoms with E-state index in [2.05, 4.69) is 0 Å². The van der Waals surface area contributed by atoms with Gasteiger partial charge in [-0.25, -0.2) is 13.2 Å². The van der Waals surface area contributed by atoms with Crippen molar-refractivity contribution >= 4 is 33.5 Å². The molecule has 1 N–H and O–H groups in total. The van der Waals surface area contributed by atoms with Gasteiger partial charge in [-0.2, -0.15) is 0 Å². The Labute approximate surface area is 204 Å². The van der Waals surface area contributed by atoms with Crippen LogP contribution in [0.2, 0.25) is 5.02 Å². The zero-order valence-electron chi connectivity index (χ0n) is 19.3. The van der Waals surface area contributed by atoms with Crippen LogP contribution in [0.5, 0.6) is 11.5 Å². The molecule has 2 aromatic rings. The van der Waals surface area contributed by atoms with Crippen molar-refractivity contribution < 1.29 is 32.6 Å². The van der Waals surface area contributed by atoms with Crippen LogP contribution in [0, 0.1) is 0 Å². The van der Waals surface area contributed by atoms with E-state index in [0.717, 1.165) is 0 Å². The lowest BCUT2D eigenvalue weighted by Gasteiger charge is -2.31. The number of hydrogen-bond acceptors (Lipinski definition) is 6. The van der Waals surface area contributed by atoms with Crippen molar-refractivity contribution in [2.45, 2.75) is 44.0 Å². The van der Waals surface area contributed by atoms with Gasteiger partial charge in [0, 0.05) is 18.1 Å². The molecular formula is C24H28ClNO7S. The third-order valence-electron chi connectivity index (χ3n) is 5.53. The first-order valence-corrected chi connectivity index (χ1v) is 12.8. The summed E-state index contributed by atoms with van der Waals surface area (Å²) in [5, 5.41) is 10.2. The van der Waals surface area contributed by atoms with Gasteiger partial charge in [0.2, 0.25) is 0 Å². The second-order valence-corrected chi connectivity index (χ2v) is 12.0. The summed E-state index contributed by atoms with van der Waals surface area (Å²) in [5.74, 6) is -0.607. The van der Waals surface area contributed by atoms with Crippen molar-refractivity contribution in [2.24, 2.45) is 0 Å². The number of hydrogen-bond donors (Lipinski definition) is 1. The number of carbonyl (C=O) groups excluding carboxylic acids is 1. The zero-order valence-corrected chi connectivity index (χ0v) is 20.9. The highest BCUT2D eigenvalue weighted by Gasteiger charge is 2.49. The molecule has 1 heterocycles. The molecule has 1 atom stereocenters. The third kappa shape index (κ3) is 6.01. The molecule has 34 heavy (non-hydrogen) atoms. The summed E-state index contributed by atoms with van der Waals surface area (Å²) in [6.45, 7) is 5.15. The summed E-state index contributed by atoms with van der Waals surface area (Å²) in [7, 11) is -3.94. The fraction of sp³-hybridized carbons (Fsp3) is 0.417. The lowest BCUT2D eigenvalue weighted by molar-refractivity contribution is -0.137. The molecule has 0 saturated carbocycles. The van der Waals surface area contributed by atoms with Crippen LogP contribution < -0.4 is 4.74 Å². The summed E-state index contributed by atoms with van der Waals surface area (Å²) in [4.78, 5) is 25.7. The van der Waals surface area contributed by atoms with Crippen LogP contribution in [0.3, 0.4) is 0 Å². The molecule has 8 nitrogen and oxygen atoms in total. The zero-order chi connectivity index (χ0) is 25.1. The molecule has 184 valence electrons. The van der Waals surface area contributed by atoms with Crippen LogP contribution in [0.25, 0.3) is 0 Å². The van der Waals surface area contributed by atoms with Gasteiger partial charge in [0.05, 0.1) is 12.2 Å². The van der Waals surface area contributed by atoms with Gasteiger partial charge < -0.3 is 19.5 Å². The molecule has 1 saturated heterocycles. The van der Waals surface area contributed by atoms with E-state index >= 15 is 0 Å². The number of benzene rings is 2. The number of sulfone groups is 1. The molecule has 1 fully saturated rings.